The summed E-state index contributed by atoms with van der Waals surface area (Å²) in [4.78, 5) is 4.86. The van der Waals surface area contributed by atoms with Crippen LogP contribution in [0.5, 0.6) is 0 Å². The minimum absolute atomic E-state index is 0.187. The van der Waals surface area contributed by atoms with Crippen LogP contribution in [0.4, 0.5) is 34.1 Å². The number of hydrogen-bond donors (Lipinski definition) is 0. The Labute approximate surface area is 446 Å². The summed E-state index contributed by atoms with van der Waals surface area (Å²) in [6, 6.07) is 98.7. The second-order valence-electron chi connectivity index (χ2n) is 21.7. The first-order valence-electron chi connectivity index (χ1n) is 26.7. The highest BCUT2D eigenvalue weighted by molar-refractivity contribution is 6.00. The predicted molar refractivity (Wildman–Crippen MR) is 322 cm³/mol. The molecule has 12 aromatic carbocycles. The van der Waals surface area contributed by atoms with Crippen molar-refractivity contribution in [2.75, 3.05) is 9.80 Å². The molecule has 0 radical (unpaired) electrons. The molecule has 0 atom stereocenters. The number of fused-ring (bicyclic) bond motifs is 10. The van der Waals surface area contributed by atoms with Crippen molar-refractivity contribution in [3.8, 4) is 55.6 Å². The largest absolute Gasteiger partial charge is 0.310 e. The van der Waals surface area contributed by atoms with Crippen molar-refractivity contribution in [2.24, 2.45) is 0 Å². The molecule has 12 aromatic rings. The summed E-state index contributed by atoms with van der Waals surface area (Å²) >= 11 is 0. The van der Waals surface area contributed by atoms with Gasteiger partial charge < -0.3 is 9.80 Å². The molecule has 0 bridgehead atoms. The maximum atomic E-state index is 2.44. The van der Waals surface area contributed by atoms with Crippen molar-refractivity contribution in [1.29, 1.82) is 0 Å². The van der Waals surface area contributed by atoms with Gasteiger partial charge in [0.05, 0.1) is 0 Å². The van der Waals surface area contributed by atoms with Gasteiger partial charge in [-0.1, -0.05) is 222 Å². The number of rotatable bonds is 9. The zero-order valence-corrected chi connectivity index (χ0v) is 43.3. The molecule has 2 nitrogen and oxygen atoms in total. The molecule has 2 aliphatic carbocycles. The normalized spacial score (nSPS) is 13.5. The lowest BCUT2D eigenvalue weighted by Crippen LogP contribution is -2.17. The van der Waals surface area contributed by atoms with Crippen LogP contribution in [0.25, 0.3) is 77.2 Å². The molecule has 2 aliphatic rings. The van der Waals surface area contributed by atoms with Gasteiger partial charge in [-0.25, -0.2) is 0 Å². The zero-order valence-electron chi connectivity index (χ0n) is 43.3. The Morgan fingerprint density at radius 3 is 0.987 bits per heavy atom. The fourth-order valence-electron chi connectivity index (χ4n) is 12.9. The first-order chi connectivity index (χ1) is 37.2. The summed E-state index contributed by atoms with van der Waals surface area (Å²) in [5, 5.41) is 5.23. The van der Waals surface area contributed by atoms with Crippen LogP contribution < -0.4 is 9.80 Å². The molecule has 0 aliphatic heterocycles. The van der Waals surface area contributed by atoms with E-state index < -0.39 is 0 Å². The molecule has 0 fully saturated rings. The third-order valence-electron chi connectivity index (χ3n) is 16.6. The van der Waals surface area contributed by atoms with E-state index in [1.165, 1.54) is 88.3 Å². The van der Waals surface area contributed by atoms with E-state index in [2.05, 4.69) is 304 Å². The highest BCUT2D eigenvalue weighted by atomic mass is 15.1. The van der Waals surface area contributed by atoms with E-state index in [0.717, 1.165) is 45.3 Å². The quantitative estimate of drug-likeness (QED) is 0.142. The number of hydrogen-bond acceptors (Lipinski definition) is 2. The standard InChI is InChI=1S/C74H56N2/c1-73(2)69-47-61(39-43-65(69)67-41-33-53-21-11-13-27-63(53)71(67)73)75(59-25-15-23-55(45-59)49-17-7-5-8-18-49)57-35-29-51(30-36-57)52-31-37-58(38-32-52)76(60-26-16-24-56(46-60)50-19-9-6-10-20-50)62-40-44-66-68-42-34-54-22-12-14-28-64(54)72(68)74(3,4)70(66)48-62/h5-48H,1-4H3. The van der Waals surface area contributed by atoms with Gasteiger partial charge in [0.1, 0.15) is 0 Å². The molecule has 14 rings (SSSR count). The van der Waals surface area contributed by atoms with Crippen LogP contribution in [0.2, 0.25) is 0 Å². The Balaban J connectivity index is 0.840. The molecule has 0 N–H and O–H groups in total. The van der Waals surface area contributed by atoms with Gasteiger partial charge in [0, 0.05) is 45.0 Å². The van der Waals surface area contributed by atoms with E-state index in [0.29, 0.717) is 0 Å². The molecule has 0 saturated carbocycles. The Hall–Kier alpha value is -9.24. The van der Waals surface area contributed by atoms with Gasteiger partial charge in [-0.05, 0) is 172 Å². The van der Waals surface area contributed by atoms with Crippen molar-refractivity contribution >= 4 is 55.7 Å². The Morgan fingerprint density at radius 2 is 0.566 bits per heavy atom. The van der Waals surface area contributed by atoms with Crippen LogP contribution in [0, 0.1) is 0 Å². The third-order valence-corrected chi connectivity index (χ3v) is 16.6. The van der Waals surface area contributed by atoms with Gasteiger partial charge >= 0.3 is 0 Å². The van der Waals surface area contributed by atoms with Crippen LogP contribution in [0.3, 0.4) is 0 Å². The average molecular weight is 973 g/mol. The van der Waals surface area contributed by atoms with E-state index in [4.69, 9.17) is 0 Å². The summed E-state index contributed by atoms with van der Waals surface area (Å²) in [6.45, 7) is 9.57. The summed E-state index contributed by atoms with van der Waals surface area (Å²) in [5.74, 6) is 0. The Kier molecular flexibility index (Phi) is 10.6. The lowest BCUT2D eigenvalue weighted by atomic mass is 9.80. The average Bonchev–Trinajstić information content (AvgIpc) is 3.93. The summed E-state index contributed by atoms with van der Waals surface area (Å²) in [6.07, 6.45) is 0. The molecule has 0 unspecified atom stereocenters. The molecule has 0 spiro atoms. The molecule has 0 heterocycles. The summed E-state index contributed by atoms with van der Waals surface area (Å²) in [7, 11) is 0. The van der Waals surface area contributed by atoms with Crippen LogP contribution in [-0.4, -0.2) is 0 Å². The van der Waals surface area contributed by atoms with Gasteiger partial charge in [-0.15, -0.1) is 0 Å². The van der Waals surface area contributed by atoms with Crippen molar-refractivity contribution in [3.05, 3.63) is 289 Å². The fourth-order valence-corrected chi connectivity index (χ4v) is 12.9. The molecule has 362 valence electrons. The van der Waals surface area contributed by atoms with Crippen molar-refractivity contribution < 1.29 is 0 Å². The van der Waals surface area contributed by atoms with Gasteiger partial charge in [0.25, 0.3) is 0 Å². The Bertz CT molecular complexity index is 3930. The molecular weight excluding hydrogens is 917 g/mol. The van der Waals surface area contributed by atoms with Crippen molar-refractivity contribution in [3.63, 3.8) is 0 Å². The fraction of sp³-hybridized carbons (Fsp3) is 0.0811. The predicted octanol–water partition coefficient (Wildman–Crippen LogP) is 20.5. The van der Waals surface area contributed by atoms with Crippen LogP contribution in [0.15, 0.2) is 267 Å². The van der Waals surface area contributed by atoms with Crippen molar-refractivity contribution in [2.45, 2.75) is 38.5 Å². The molecular formula is C74H56N2. The van der Waals surface area contributed by atoms with E-state index in [1.807, 2.05) is 0 Å². The minimum Gasteiger partial charge on any atom is -0.310 e. The van der Waals surface area contributed by atoms with Gasteiger partial charge in [-0.3, -0.25) is 0 Å². The maximum absolute atomic E-state index is 2.44. The highest BCUT2D eigenvalue weighted by Crippen LogP contribution is 2.55. The first-order valence-corrected chi connectivity index (χ1v) is 26.7. The lowest BCUT2D eigenvalue weighted by molar-refractivity contribution is 0.666. The number of anilines is 6. The van der Waals surface area contributed by atoms with E-state index in [-0.39, 0.29) is 10.8 Å². The van der Waals surface area contributed by atoms with E-state index >= 15 is 0 Å². The molecule has 0 aromatic heterocycles. The summed E-state index contributed by atoms with van der Waals surface area (Å²) in [5.41, 5.74) is 24.2. The first kappa shape index (κ1) is 45.4. The SMILES string of the molecule is CC1(C)c2cc(N(c3ccc(-c4ccc(N(c5cccc(-c6ccccc6)c5)c5ccc6c(c5)C(C)(C)c5c-6ccc6ccccc56)cc4)cc3)c3cccc(-c4ccccc4)c3)ccc2-c2ccc3ccccc3c21. The Morgan fingerprint density at radius 1 is 0.237 bits per heavy atom. The van der Waals surface area contributed by atoms with E-state index in [1.54, 1.807) is 0 Å². The zero-order chi connectivity index (χ0) is 51.1. The minimum atomic E-state index is -0.187. The second kappa shape index (κ2) is 17.7. The van der Waals surface area contributed by atoms with Gasteiger partial charge in [-0.2, -0.15) is 0 Å². The lowest BCUT2D eigenvalue weighted by Gasteiger charge is -2.29. The highest BCUT2D eigenvalue weighted by Gasteiger charge is 2.39. The smallest absolute Gasteiger partial charge is 0.0467 e. The molecule has 76 heavy (non-hydrogen) atoms. The molecule has 0 amide bonds. The van der Waals surface area contributed by atoms with Gasteiger partial charge in [0.2, 0.25) is 0 Å². The number of nitrogens with zero attached hydrogens (tertiary/aromatic N) is 2. The third kappa shape index (κ3) is 7.39. The molecule has 0 saturated heterocycles. The van der Waals surface area contributed by atoms with Crippen LogP contribution in [0.1, 0.15) is 49.9 Å². The van der Waals surface area contributed by atoms with Gasteiger partial charge in [0.15, 0.2) is 0 Å². The van der Waals surface area contributed by atoms with Crippen molar-refractivity contribution in [1.82, 2.24) is 0 Å². The topological polar surface area (TPSA) is 6.48 Å². The number of benzene rings is 12. The van der Waals surface area contributed by atoms with Crippen LogP contribution >= 0.6 is 0 Å². The summed E-state index contributed by atoms with van der Waals surface area (Å²) < 4.78 is 0. The van der Waals surface area contributed by atoms with Crippen LogP contribution in [-0.2, 0) is 10.8 Å². The maximum Gasteiger partial charge on any atom is 0.0467 e. The monoisotopic (exact) mass is 972 g/mol. The van der Waals surface area contributed by atoms with E-state index in [9.17, 15) is 0 Å². The molecule has 2 heteroatoms. The second-order valence-corrected chi connectivity index (χ2v) is 21.7.